The summed E-state index contributed by atoms with van der Waals surface area (Å²) in [7, 11) is 0. The summed E-state index contributed by atoms with van der Waals surface area (Å²) in [5.41, 5.74) is 0. The van der Waals surface area contributed by atoms with E-state index in [0.29, 0.717) is 5.91 Å². The van der Waals surface area contributed by atoms with Gasteiger partial charge in [-0.1, -0.05) is 13.8 Å². The molecule has 0 spiro atoms. The Morgan fingerprint density at radius 1 is 1.28 bits per heavy atom. The Kier molecular flexibility index (Phi) is 5.01. The molecule has 1 atom stereocenters. The smallest absolute Gasteiger partial charge is 0.227 e. The number of nitrogens with zero attached hydrogens (tertiary/aromatic N) is 2. The second-order valence-corrected chi connectivity index (χ2v) is 6.06. The topological polar surface area (TPSA) is 35.6 Å². The first-order chi connectivity index (χ1) is 8.66. The lowest BCUT2D eigenvalue weighted by Gasteiger charge is -2.37. The summed E-state index contributed by atoms with van der Waals surface area (Å²) in [5.74, 6) is 1.33. The van der Waals surface area contributed by atoms with Crippen LogP contribution in [0.2, 0.25) is 0 Å². The molecular weight excluding hydrogens is 226 g/mol. The number of amides is 1. The summed E-state index contributed by atoms with van der Waals surface area (Å²) in [6, 6.07) is 0. The number of piperidine rings is 1. The van der Waals surface area contributed by atoms with Gasteiger partial charge in [0.2, 0.25) is 5.91 Å². The Bertz CT molecular complexity index is 266. The summed E-state index contributed by atoms with van der Waals surface area (Å²) in [4.78, 5) is 16.9. The molecule has 2 rings (SSSR count). The van der Waals surface area contributed by atoms with Gasteiger partial charge in [-0.05, 0) is 25.3 Å². The number of carbonyl (C=O) groups excluding carboxylic acids is 1. The summed E-state index contributed by atoms with van der Waals surface area (Å²) in [6.07, 6.45) is 2.21. The Hall–Kier alpha value is -0.610. The first kappa shape index (κ1) is 13.8. The lowest BCUT2D eigenvalue weighted by molar-refractivity contribution is -0.137. The van der Waals surface area contributed by atoms with E-state index in [0.717, 1.165) is 64.6 Å². The molecule has 0 radical (unpaired) electrons. The van der Waals surface area contributed by atoms with Crippen LogP contribution in [0.15, 0.2) is 0 Å². The predicted octanol–water partition coefficient (Wildman–Crippen LogP) is 0.786. The quantitative estimate of drug-likeness (QED) is 0.807. The molecule has 18 heavy (non-hydrogen) atoms. The van der Waals surface area contributed by atoms with Gasteiger partial charge in [-0.15, -0.1) is 0 Å². The van der Waals surface area contributed by atoms with Gasteiger partial charge < -0.3 is 10.2 Å². The van der Waals surface area contributed by atoms with E-state index in [1.54, 1.807) is 0 Å². The average Bonchev–Trinajstić information content (AvgIpc) is 2.39. The number of rotatable bonds is 3. The number of hydrogen-bond donors (Lipinski definition) is 1. The van der Waals surface area contributed by atoms with Crippen LogP contribution in [0.25, 0.3) is 0 Å². The van der Waals surface area contributed by atoms with E-state index in [4.69, 9.17) is 0 Å². The zero-order valence-corrected chi connectivity index (χ0v) is 11.8. The first-order valence-electron chi connectivity index (χ1n) is 7.38. The number of piperazine rings is 1. The number of nitrogens with one attached hydrogen (secondary N) is 1. The lowest BCUT2D eigenvalue weighted by atomic mass is 9.98. The van der Waals surface area contributed by atoms with Gasteiger partial charge in [0.1, 0.15) is 0 Å². The highest BCUT2D eigenvalue weighted by atomic mass is 16.2. The molecule has 4 nitrogen and oxygen atoms in total. The van der Waals surface area contributed by atoms with Gasteiger partial charge in [0, 0.05) is 39.3 Å². The molecule has 0 aromatic rings. The molecule has 0 saturated carbocycles. The van der Waals surface area contributed by atoms with Crippen LogP contribution in [-0.2, 0) is 4.79 Å². The van der Waals surface area contributed by atoms with Crippen LogP contribution in [0.4, 0.5) is 0 Å². The van der Waals surface area contributed by atoms with E-state index in [1.807, 2.05) is 0 Å². The zero-order chi connectivity index (χ0) is 13.0. The van der Waals surface area contributed by atoms with Crippen LogP contribution in [0.5, 0.6) is 0 Å². The van der Waals surface area contributed by atoms with E-state index in [-0.39, 0.29) is 5.92 Å². The van der Waals surface area contributed by atoms with Gasteiger partial charge in [-0.3, -0.25) is 9.69 Å². The SMILES string of the molecule is CC(C)CN1CCN(C(=O)C2CCCNC2)CC1. The highest BCUT2D eigenvalue weighted by Crippen LogP contribution is 2.15. The van der Waals surface area contributed by atoms with Gasteiger partial charge in [-0.25, -0.2) is 0 Å². The summed E-state index contributed by atoms with van der Waals surface area (Å²) in [6.45, 7) is 11.6. The van der Waals surface area contributed by atoms with Crippen molar-refractivity contribution >= 4 is 5.91 Å². The molecule has 1 amide bonds. The third kappa shape index (κ3) is 3.69. The van der Waals surface area contributed by atoms with E-state index >= 15 is 0 Å². The molecule has 2 aliphatic heterocycles. The van der Waals surface area contributed by atoms with Crippen molar-refractivity contribution in [3.63, 3.8) is 0 Å². The fourth-order valence-corrected chi connectivity index (χ4v) is 2.99. The molecule has 0 aliphatic carbocycles. The minimum atomic E-state index is 0.232. The van der Waals surface area contributed by atoms with E-state index in [1.165, 1.54) is 0 Å². The van der Waals surface area contributed by atoms with Gasteiger partial charge in [0.15, 0.2) is 0 Å². The molecule has 2 aliphatic rings. The number of hydrogen-bond acceptors (Lipinski definition) is 3. The molecule has 1 unspecified atom stereocenters. The van der Waals surface area contributed by atoms with Crippen LogP contribution >= 0.6 is 0 Å². The van der Waals surface area contributed by atoms with Crippen LogP contribution in [-0.4, -0.2) is 61.5 Å². The highest BCUT2D eigenvalue weighted by Gasteiger charge is 2.28. The fraction of sp³-hybridized carbons (Fsp3) is 0.929. The zero-order valence-electron chi connectivity index (χ0n) is 11.8. The Morgan fingerprint density at radius 2 is 2.00 bits per heavy atom. The van der Waals surface area contributed by atoms with E-state index < -0.39 is 0 Å². The molecule has 0 aromatic heterocycles. The highest BCUT2D eigenvalue weighted by molar-refractivity contribution is 5.79. The van der Waals surface area contributed by atoms with Gasteiger partial charge >= 0.3 is 0 Å². The molecule has 104 valence electrons. The largest absolute Gasteiger partial charge is 0.340 e. The second-order valence-electron chi connectivity index (χ2n) is 6.06. The van der Waals surface area contributed by atoms with Crippen LogP contribution in [0, 0.1) is 11.8 Å². The predicted molar refractivity (Wildman–Crippen MR) is 73.5 cm³/mol. The van der Waals surface area contributed by atoms with E-state index in [9.17, 15) is 4.79 Å². The summed E-state index contributed by atoms with van der Waals surface area (Å²) >= 11 is 0. The molecular formula is C14H27N3O. The van der Waals surface area contributed by atoms with Crippen LogP contribution in [0.3, 0.4) is 0 Å². The third-order valence-corrected chi connectivity index (χ3v) is 3.95. The molecule has 0 aromatic carbocycles. The molecule has 4 heteroatoms. The Labute approximate surface area is 111 Å². The lowest BCUT2D eigenvalue weighted by Crippen LogP contribution is -2.52. The molecule has 0 bridgehead atoms. The van der Waals surface area contributed by atoms with Crippen LogP contribution < -0.4 is 5.32 Å². The van der Waals surface area contributed by atoms with Gasteiger partial charge in [-0.2, -0.15) is 0 Å². The summed E-state index contributed by atoms with van der Waals surface area (Å²) in [5, 5.41) is 3.33. The molecule has 2 saturated heterocycles. The average molecular weight is 253 g/mol. The van der Waals surface area contributed by atoms with Crippen molar-refractivity contribution in [3.05, 3.63) is 0 Å². The Balaban J connectivity index is 1.76. The maximum absolute atomic E-state index is 12.3. The van der Waals surface area contributed by atoms with Gasteiger partial charge in [0.25, 0.3) is 0 Å². The maximum atomic E-state index is 12.3. The van der Waals surface area contributed by atoms with Crippen molar-refractivity contribution in [2.75, 3.05) is 45.8 Å². The third-order valence-electron chi connectivity index (χ3n) is 3.95. The normalized spacial score (nSPS) is 26.6. The second kappa shape index (κ2) is 6.53. The monoisotopic (exact) mass is 253 g/mol. The molecule has 1 N–H and O–H groups in total. The van der Waals surface area contributed by atoms with Crippen LogP contribution in [0.1, 0.15) is 26.7 Å². The standard InChI is InChI=1S/C14H27N3O/c1-12(2)11-16-6-8-17(9-7-16)14(18)13-4-3-5-15-10-13/h12-13,15H,3-11H2,1-2H3. The molecule has 2 fully saturated rings. The summed E-state index contributed by atoms with van der Waals surface area (Å²) < 4.78 is 0. The van der Waals surface area contributed by atoms with Crippen molar-refractivity contribution in [2.24, 2.45) is 11.8 Å². The van der Waals surface area contributed by atoms with E-state index in [2.05, 4.69) is 29.0 Å². The minimum Gasteiger partial charge on any atom is -0.340 e. The van der Waals surface area contributed by atoms with Crippen molar-refractivity contribution in [3.8, 4) is 0 Å². The van der Waals surface area contributed by atoms with Crippen molar-refractivity contribution in [1.29, 1.82) is 0 Å². The van der Waals surface area contributed by atoms with Gasteiger partial charge in [0.05, 0.1) is 5.92 Å². The first-order valence-corrected chi connectivity index (χ1v) is 7.38. The fourth-order valence-electron chi connectivity index (χ4n) is 2.99. The van der Waals surface area contributed by atoms with Crippen molar-refractivity contribution in [2.45, 2.75) is 26.7 Å². The Morgan fingerprint density at radius 3 is 2.56 bits per heavy atom. The van der Waals surface area contributed by atoms with Crippen molar-refractivity contribution in [1.82, 2.24) is 15.1 Å². The number of carbonyl (C=O) groups is 1. The molecule has 2 heterocycles. The maximum Gasteiger partial charge on any atom is 0.227 e. The van der Waals surface area contributed by atoms with Crippen molar-refractivity contribution < 1.29 is 4.79 Å². The minimum absolute atomic E-state index is 0.232.